The number of hydrogen-bond acceptors (Lipinski definition) is 4. The second-order valence-electron chi connectivity index (χ2n) is 4.96. The number of halogens is 3. The maximum Gasteiger partial charge on any atom is 0.368 e. The van der Waals surface area contributed by atoms with Gasteiger partial charge in [0.05, 0.1) is 11.4 Å². The quantitative estimate of drug-likeness (QED) is 0.684. The summed E-state index contributed by atoms with van der Waals surface area (Å²) < 4.78 is 31.8. The molecule has 0 unspecified atom stereocenters. The molecule has 1 rings (SSSR count). The summed E-state index contributed by atoms with van der Waals surface area (Å²) in [5.41, 5.74) is 5.89. The number of hydrogen-bond donors (Lipinski definition) is 1. The summed E-state index contributed by atoms with van der Waals surface area (Å²) in [5.74, 6) is -0.943. The molecule has 1 heterocycles. The van der Waals surface area contributed by atoms with Gasteiger partial charge in [0.25, 0.3) is 0 Å². The molecule has 0 saturated carbocycles. The second kappa shape index (κ2) is 5.91. The number of aryl methyl sites for hydroxylation is 1. The van der Waals surface area contributed by atoms with Gasteiger partial charge in [0, 0.05) is 12.5 Å². The summed E-state index contributed by atoms with van der Waals surface area (Å²) in [6, 6.07) is 0. The lowest BCUT2D eigenvalue weighted by Crippen LogP contribution is -2.18. The van der Waals surface area contributed by atoms with Crippen LogP contribution >= 0.6 is 11.6 Å². The summed E-state index contributed by atoms with van der Waals surface area (Å²) in [6.07, 6.45) is 0.373. The number of alkyl halides is 3. The molecule has 7 heteroatoms. The summed E-state index contributed by atoms with van der Waals surface area (Å²) in [5, 5.41) is -3.74. The van der Waals surface area contributed by atoms with E-state index in [0.717, 1.165) is 6.92 Å². The maximum absolute atomic E-state index is 13.5. The van der Waals surface area contributed by atoms with Crippen LogP contribution in [0.15, 0.2) is 0 Å². The lowest BCUT2D eigenvalue weighted by molar-refractivity contribution is -0.132. The van der Waals surface area contributed by atoms with Crippen molar-refractivity contribution in [2.45, 2.75) is 39.5 Å². The van der Waals surface area contributed by atoms with Crippen LogP contribution < -0.4 is 10.5 Å². The Hall–Kier alpha value is -1.43. The summed E-state index contributed by atoms with van der Waals surface area (Å²) >= 11 is 5.05. The molecular formula is C13H17ClF2N2O2. The molecule has 2 N–H and O–H groups in total. The highest BCUT2D eigenvalue weighted by atomic mass is 35.5. The highest BCUT2D eigenvalue weighted by molar-refractivity contribution is 6.21. The van der Waals surface area contributed by atoms with Gasteiger partial charge < -0.3 is 10.5 Å². The highest BCUT2D eigenvalue weighted by Gasteiger charge is 2.37. The lowest BCUT2D eigenvalue weighted by Gasteiger charge is -2.20. The number of nitrogens with two attached hydrogens (primary N) is 1. The van der Waals surface area contributed by atoms with Crippen LogP contribution in [0.3, 0.4) is 0 Å². The van der Waals surface area contributed by atoms with Crippen molar-refractivity contribution in [2.24, 2.45) is 5.92 Å². The Kier molecular flexibility index (Phi) is 4.91. The average Bonchev–Trinajstić information content (AvgIpc) is 2.25. The minimum atomic E-state index is -3.74. The number of nitrogen functional groups attached to an aromatic ring is 1. The number of nitrogens with zero attached hydrogens (tertiary/aromatic N) is 1. The van der Waals surface area contributed by atoms with Crippen LogP contribution in [0.1, 0.15) is 37.7 Å². The third kappa shape index (κ3) is 3.79. The third-order valence-electron chi connectivity index (χ3n) is 2.61. The zero-order valence-electron chi connectivity index (χ0n) is 11.8. The van der Waals surface area contributed by atoms with Gasteiger partial charge in [0.1, 0.15) is 0 Å². The van der Waals surface area contributed by atoms with E-state index in [0.29, 0.717) is 12.0 Å². The molecule has 112 valence electrons. The molecule has 4 nitrogen and oxygen atoms in total. The van der Waals surface area contributed by atoms with E-state index in [-0.39, 0.29) is 23.0 Å². The van der Waals surface area contributed by atoms with Crippen LogP contribution in [-0.2, 0) is 16.6 Å². The SMILES string of the molecule is CC(=O)Oc1c(C(F)(F)Cl)nc(C)c(N)c1CC(C)C. The van der Waals surface area contributed by atoms with E-state index >= 15 is 0 Å². The van der Waals surface area contributed by atoms with Crippen LogP contribution in [0.5, 0.6) is 5.75 Å². The molecule has 0 atom stereocenters. The molecule has 1 aromatic rings. The molecule has 20 heavy (non-hydrogen) atoms. The number of aromatic nitrogens is 1. The van der Waals surface area contributed by atoms with Crippen molar-refractivity contribution in [1.29, 1.82) is 0 Å². The van der Waals surface area contributed by atoms with Gasteiger partial charge in [0.2, 0.25) is 0 Å². The Balaban J connectivity index is 3.59. The smallest absolute Gasteiger partial charge is 0.368 e. The van der Waals surface area contributed by atoms with Crippen molar-refractivity contribution in [3.63, 3.8) is 0 Å². The molecule has 0 aliphatic heterocycles. The van der Waals surface area contributed by atoms with E-state index in [1.807, 2.05) is 13.8 Å². The molecule has 0 bridgehead atoms. The van der Waals surface area contributed by atoms with Crippen molar-refractivity contribution in [2.75, 3.05) is 5.73 Å². The van der Waals surface area contributed by atoms with Crippen LogP contribution in [0, 0.1) is 12.8 Å². The normalized spacial score (nSPS) is 11.8. The van der Waals surface area contributed by atoms with Crippen LogP contribution in [0.4, 0.5) is 14.5 Å². The van der Waals surface area contributed by atoms with Gasteiger partial charge in [-0.15, -0.1) is 0 Å². The molecule has 0 fully saturated rings. The van der Waals surface area contributed by atoms with E-state index in [1.54, 1.807) is 0 Å². The molecule has 0 aliphatic carbocycles. The topological polar surface area (TPSA) is 65.2 Å². The number of carbonyl (C=O) groups is 1. The monoisotopic (exact) mass is 306 g/mol. The average molecular weight is 307 g/mol. The number of pyridine rings is 1. The number of esters is 1. The molecule has 0 aliphatic rings. The van der Waals surface area contributed by atoms with Gasteiger partial charge in [-0.1, -0.05) is 13.8 Å². The van der Waals surface area contributed by atoms with Crippen molar-refractivity contribution in [3.8, 4) is 5.75 Å². The first-order valence-corrected chi connectivity index (χ1v) is 6.46. The molecular weight excluding hydrogens is 290 g/mol. The molecule has 0 amide bonds. The van der Waals surface area contributed by atoms with Crippen LogP contribution in [0.2, 0.25) is 0 Å². The fourth-order valence-corrected chi connectivity index (χ4v) is 1.95. The first-order valence-electron chi connectivity index (χ1n) is 6.08. The van der Waals surface area contributed by atoms with Crippen molar-refractivity contribution in [1.82, 2.24) is 4.98 Å². The van der Waals surface area contributed by atoms with Crippen molar-refractivity contribution in [3.05, 3.63) is 17.0 Å². The fraction of sp³-hybridized carbons (Fsp3) is 0.538. The zero-order chi connectivity index (χ0) is 15.7. The minimum Gasteiger partial charge on any atom is -0.424 e. The molecule has 0 radical (unpaired) electrons. The summed E-state index contributed by atoms with van der Waals surface area (Å²) in [6.45, 7) is 6.41. The number of rotatable bonds is 4. The Labute approximate surface area is 121 Å². The van der Waals surface area contributed by atoms with Crippen LogP contribution in [-0.4, -0.2) is 11.0 Å². The van der Waals surface area contributed by atoms with Crippen LogP contribution in [0.25, 0.3) is 0 Å². The molecule has 0 spiro atoms. The van der Waals surface area contributed by atoms with E-state index < -0.39 is 17.0 Å². The predicted octanol–water partition coefficient (Wildman–Crippen LogP) is 3.38. The van der Waals surface area contributed by atoms with Gasteiger partial charge >= 0.3 is 11.4 Å². The fourth-order valence-electron chi connectivity index (χ4n) is 1.82. The predicted molar refractivity (Wildman–Crippen MR) is 73.0 cm³/mol. The van der Waals surface area contributed by atoms with Gasteiger partial charge in [-0.05, 0) is 30.9 Å². The second-order valence-corrected chi connectivity index (χ2v) is 5.43. The number of ether oxygens (including phenoxy) is 1. The highest BCUT2D eigenvalue weighted by Crippen LogP contribution is 2.42. The Morgan fingerprint density at radius 1 is 1.50 bits per heavy atom. The van der Waals surface area contributed by atoms with Crippen molar-refractivity contribution >= 4 is 23.3 Å². The van der Waals surface area contributed by atoms with E-state index in [2.05, 4.69) is 4.98 Å². The summed E-state index contributed by atoms with van der Waals surface area (Å²) in [4.78, 5) is 14.8. The van der Waals surface area contributed by atoms with E-state index in [1.165, 1.54) is 6.92 Å². The van der Waals surface area contributed by atoms with Gasteiger partial charge in [-0.25, -0.2) is 4.98 Å². The molecule has 0 saturated heterocycles. The van der Waals surface area contributed by atoms with E-state index in [9.17, 15) is 13.6 Å². The molecule has 0 aromatic carbocycles. The largest absolute Gasteiger partial charge is 0.424 e. The third-order valence-corrected chi connectivity index (χ3v) is 2.79. The van der Waals surface area contributed by atoms with Gasteiger partial charge in [0.15, 0.2) is 11.4 Å². The first-order chi connectivity index (χ1) is 9.04. The molecule has 1 aromatic heterocycles. The number of carbonyl (C=O) groups excluding carboxylic acids is 1. The zero-order valence-corrected chi connectivity index (χ0v) is 12.5. The van der Waals surface area contributed by atoms with Gasteiger partial charge in [-0.2, -0.15) is 8.78 Å². The Morgan fingerprint density at radius 3 is 2.45 bits per heavy atom. The maximum atomic E-state index is 13.5. The van der Waals surface area contributed by atoms with Crippen molar-refractivity contribution < 1.29 is 18.3 Å². The van der Waals surface area contributed by atoms with Gasteiger partial charge in [-0.3, -0.25) is 4.79 Å². The lowest BCUT2D eigenvalue weighted by atomic mass is 9.99. The summed E-state index contributed by atoms with van der Waals surface area (Å²) in [7, 11) is 0. The Morgan fingerprint density at radius 2 is 2.05 bits per heavy atom. The van der Waals surface area contributed by atoms with E-state index in [4.69, 9.17) is 22.1 Å². The number of anilines is 1. The first kappa shape index (κ1) is 16.6. The Bertz CT molecular complexity index is 528. The standard InChI is InChI=1S/C13H17ClF2N2O2/c1-6(2)5-9-10(17)7(3)18-12(13(14,15)16)11(9)20-8(4)19/h6H,5,17H2,1-4H3. The minimum absolute atomic E-state index is 0.130.